The molecule has 0 radical (unpaired) electrons. The normalized spacial score (nSPS) is 13.0. The molecule has 30 heavy (non-hydrogen) atoms. The molecule has 3 aromatic rings. The van der Waals surface area contributed by atoms with Crippen LogP contribution in [-0.2, 0) is 4.79 Å². The molecule has 0 atom stereocenters. The predicted octanol–water partition coefficient (Wildman–Crippen LogP) is 4.59. The van der Waals surface area contributed by atoms with Crippen molar-refractivity contribution in [2.45, 2.75) is 6.92 Å². The number of nitrogens with zero attached hydrogens (tertiary/aromatic N) is 3. The lowest BCUT2D eigenvalue weighted by Gasteiger charge is -2.20. The van der Waals surface area contributed by atoms with Gasteiger partial charge in [0.05, 0.1) is 15.2 Å². The molecule has 0 saturated carbocycles. The molecule has 0 bridgehead atoms. The van der Waals surface area contributed by atoms with E-state index in [2.05, 4.69) is 0 Å². The third-order valence-corrected chi connectivity index (χ3v) is 6.31. The SMILES string of the molecule is Cc1ccc(Cl)c2sc(N(CCN(C)C)C(=O)/C=C/c3ccc4c(c3)OCO4)nc12. The van der Waals surface area contributed by atoms with Gasteiger partial charge in [0.15, 0.2) is 16.6 Å². The number of benzene rings is 2. The van der Waals surface area contributed by atoms with Crippen molar-refractivity contribution in [2.24, 2.45) is 0 Å². The quantitative estimate of drug-likeness (QED) is 0.521. The maximum absolute atomic E-state index is 13.1. The van der Waals surface area contributed by atoms with Gasteiger partial charge >= 0.3 is 0 Å². The van der Waals surface area contributed by atoms with Crippen LogP contribution in [0.1, 0.15) is 11.1 Å². The fourth-order valence-corrected chi connectivity index (χ4v) is 4.43. The van der Waals surface area contributed by atoms with Crippen LogP contribution in [0.3, 0.4) is 0 Å². The number of carbonyl (C=O) groups excluding carboxylic acids is 1. The molecule has 0 saturated heterocycles. The summed E-state index contributed by atoms with van der Waals surface area (Å²) in [5.41, 5.74) is 2.74. The summed E-state index contributed by atoms with van der Waals surface area (Å²) in [5, 5.41) is 1.29. The lowest BCUT2D eigenvalue weighted by atomic mass is 10.2. The van der Waals surface area contributed by atoms with Gasteiger partial charge < -0.3 is 14.4 Å². The van der Waals surface area contributed by atoms with Crippen molar-refractivity contribution in [1.82, 2.24) is 9.88 Å². The Bertz CT molecular complexity index is 1090. The first kappa shape index (κ1) is 20.7. The molecule has 6 nitrogen and oxygen atoms in total. The van der Waals surface area contributed by atoms with Crippen molar-refractivity contribution in [1.29, 1.82) is 0 Å². The molecule has 8 heteroatoms. The minimum absolute atomic E-state index is 0.137. The molecule has 0 N–H and O–H groups in total. The van der Waals surface area contributed by atoms with Gasteiger partial charge in [-0.25, -0.2) is 4.98 Å². The van der Waals surface area contributed by atoms with Crippen LogP contribution in [0.15, 0.2) is 36.4 Å². The molecule has 1 aliphatic heterocycles. The molecule has 156 valence electrons. The van der Waals surface area contributed by atoms with Gasteiger partial charge in [0.25, 0.3) is 5.91 Å². The number of aromatic nitrogens is 1. The molecular weight excluding hydrogens is 422 g/mol. The van der Waals surface area contributed by atoms with Gasteiger partial charge in [-0.1, -0.05) is 35.1 Å². The van der Waals surface area contributed by atoms with Crippen molar-refractivity contribution in [3.63, 3.8) is 0 Å². The zero-order valence-corrected chi connectivity index (χ0v) is 18.6. The first-order chi connectivity index (χ1) is 14.4. The number of hydrogen-bond donors (Lipinski definition) is 0. The zero-order chi connectivity index (χ0) is 21.3. The van der Waals surface area contributed by atoms with E-state index in [9.17, 15) is 4.79 Å². The second-order valence-electron chi connectivity index (χ2n) is 7.28. The van der Waals surface area contributed by atoms with Crippen molar-refractivity contribution in [3.8, 4) is 11.5 Å². The van der Waals surface area contributed by atoms with Gasteiger partial charge in [-0.05, 0) is 56.4 Å². The first-order valence-electron chi connectivity index (χ1n) is 9.52. The molecule has 0 fully saturated rings. The van der Waals surface area contributed by atoms with E-state index >= 15 is 0 Å². The van der Waals surface area contributed by atoms with E-state index in [0.717, 1.165) is 21.3 Å². The lowest BCUT2D eigenvalue weighted by Crippen LogP contribution is -2.35. The van der Waals surface area contributed by atoms with Crippen LogP contribution in [0.5, 0.6) is 11.5 Å². The summed E-state index contributed by atoms with van der Waals surface area (Å²) in [5.74, 6) is 1.26. The Kier molecular flexibility index (Phi) is 5.94. The number of carbonyl (C=O) groups is 1. The van der Waals surface area contributed by atoms with Crippen molar-refractivity contribution in [2.75, 3.05) is 38.9 Å². The second kappa shape index (κ2) is 8.63. The van der Waals surface area contributed by atoms with Gasteiger partial charge in [-0.15, -0.1) is 0 Å². The average Bonchev–Trinajstić information content (AvgIpc) is 3.36. The highest BCUT2D eigenvalue weighted by Crippen LogP contribution is 2.36. The Hall–Kier alpha value is -2.61. The largest absolute Gasteiger partial charge is 0.454 e. The molecule has 0 spiro atoms. The molecule has 1 aromatic heterocycles. The molecule has 2 heterocycles. The van der Waals surface area contributed by atoms with Crippen molar-refractivity contribution >= 4 is 50.3 Å². The second-order valence-corrected chi connectivity index (χ2v) is 8.66. The topological polar surface area (TPSA) is 54.9 Å². The van der Waals surface area contributed by atoms with E-state index in [4.69, 9.17) is 26.1 Å². The van der Waals surface area contributed by atoms with E-state index in [-0.39, 0.29) is 12.7 Å². The number of likely N-dealkylation sites (N-methyl/N-ethyl adjacent to an activating group) is 1. The summed E-state index contributed by atoms with van der Waals surface area (Å²) in [4.78, 5) is 21.6. The predicted molar refractivity (Wildman–Crippen MR) is 122 cm³/mol. The summed E-state index contributed by atoms with van der Waals surface area (Å²) in [6.45, 7) is 3.45. The first-order valence-corrected chi connectivity index (χ1v) is 10.7. The third-order valence-electron chi connectivity index (χ3n) is 4.77. The van der Waals surface area contributed by atoms with Crippen LogP contribution < -0.4 is 14.4 Å². The number of thiazole rings is 1. The minimum Gasteiger partial charge on any atom is -0.454 e. The van der Waals surface area contributed by atoms with Gasteiger partial charge in [-0.2, -0.15) is 0 Å². The van der Waals surface area contributed by atoms with Crippen LogP contribution in [0.25, 0.3) is 16.3 Å². The fourth-order valence-electron chi connectivity index (χ4n) is 3.08. The Morgan fingerprint density at radius 1 is 1.20 bits per heavy atom. The Labute approximate surface area is 184 Å². The van der Waals surface area contributed by atoms with Crippen LogP contribution in [0, 0.1) is 6.92 Å². The van der Waals surface area contributed by atoms with E-state index in [1.807, 2.05) is 56.3 Å². The van der Waals surface area contributed by atoms with Gasteiger partial charge in [-0.3, -0.25) is 9.69 Å². The Balaban J connectivity index is 1.62. The molecule has 1 amide bonds. The van der Waals surface area contributed by atoms with E-state index < -0.39 is 0 Å². The number of ether oxygens (including phenoxy) is 2. The summed E-state index contributed by atoms with van der Waals surface area (Å²) in [6.07, 6.45) is 3.34. The number of fused-ring (bicyclic) bond motifs is 2. The number of anilines is 1. The lowest BCUT2D eigenvalue weighted by molar-refractivity contribution is -0.114. The summed E-state index contributed by atoms with van der Waals surface area (Å²) < 4.78 is 11.6. The van der Waals surface area contributed by atoms with Crippen LogP contribution in [-0.4, -0.2) is 49.8 Å². The molecule has 0 unspecified atom stereocenters. The third kappa shape index (κ3) is 4.28. The van der Waals surface area contributed by atoms with Crippen LogP contribution in [0.2, 0.25) is 5.02 Å². The van der Waals surface area contributed by atoms with E-state index in [0.29, 0.717) is 34.7 Å². The highest BCUT2D eigenvalue weighted by Gasteiger charge is 2.20. The summed E-state index contributed by atoms with van der Waals surface area (Å²) in [6, 6.07) is 9.40. The Morgan fingerprint density at radius 3 is 2.77 bits per heavy atom. The number of amides is 1. The highest BCUT2D eigenvalue weighted by molar-refractivity contribution is 7.23. The van der Waals surface area contributed by atoms with Crippen molar-refractivity contribution in [3.05, 3.63) is 52.6 Å². The molecule has 1 aliphatic rings. The number of aryl methyl sites for hydroxylation is 1. The number of hydrogen-bond acceptors (Lipinski definition) is 6. The van der Waals surface area contributed by atoms with Crippen LogP contribution >= 0.6 is 22.9 Å². The highest BCUT2D eigenvalue weighted by atomic mass is 35.5. The minimum atomic E-state index is -0.137. The molecular formula is C22H22ClN3O3S. The maximum atomic E-state index is 13.1. The summed E-state index contributed by atoms with van der Waals surface area (Å²) in [7, 11) is 3.95. The van der Waals surface area contributed by atoms with Gasteiger partial charge in [0, 0.05) is 19.2 Å². The average molecular weight is 444 g/mol. The Morgan fingerprint density at radius 2 is 2.00 bits per heavy atom. The monoisotopic (exact) mass is 443 g/mol. The van der Waals surface area contributed by atoms with E-state index in [1.54, 1.807) is 17.1 Å². The number of rotatable bonds is 6. The fraction of sp³-hybridized carbons (Fsp3) is 0.273. The number of halogens is 1. The molecule has 4 rings (SSSR count). The maximum Gasteiger partial charge on any atom is 0.252 e. The van der Waals surface area contributed by atoms with Crippen LogP contribution in [0.4, 0.5) is 5.13 Å². The smallest absolute Gasteiger partial charge is 0.252 e. The zero-order valence-electron chi connectivity index (χ0n) is 17.0. The van der Waals surface area contributed by atoms with Gasteiger partial charge in [0.2, 0.25) is 6.79 Å². The van der Waals surface area contributed by atoms with E-state index in [1.165, 1.54) is 11.3 Å². The molecule has 0 aliphatic carbocycles. The molecule has 2 aromatic carbocycles. The standard InChI is InChI=1S/C22H22ClN3O3S/c1-14-4-7-16(23)21-20(14)24-22(30-21)26(11-10-25(2)3)19(27)9-6-15-5-8-17-18(12-15)29-13-28-17/h4-9,12H,10-11,13H2,1-3H3/b9-6+. The van der Waals surface area contributed by atoms with Gasteiger partial charge in [0.1, 0.15) is 0 Å². The summed E-state index contributed by atoms with van der Waals surface area (Å²) >= 11 is 7.80. The van der Waals surface area contributed by atoms with Crippen molar-refractivity contribution < 1.29 is 14.3 Å².